The van der Waals surface area contributed by atoms with Crippen molar-refractivity contribution < 1.29 is 19.1 Å². The molecule has 154 valence electrons. The van der Waals surface area contributed by atoms with E-state index in [1.54, 1.807) is 7.11 Å². The Bertz CT molecular complexity index is 890. The SMILES string of the molecule is COc1ccc(CCN2C(=O)N[C@@H](CCC(=O)Nc3nc(C)c(C)s3)C2=O)cc1. The lowest BCUT2D eigenvalue weighted by atomic mass is 10.1. The molecule has 1 aliphatic heterocycles. The average Bonchev–Trinajstić information content (AvgIpc) is 3.16. The summed E-state index contributed by atoms with van der Waals surface area (Å²) in [6.07, 6.45) is 0.929. The van der Waals surface area contributed by atoms with Gasteiger partial charge in [0.25, 0.3) is 5.91 Å². The summed E-state index contributed by atoms with van der Waals surface area (Å²) >= 11 is 1.41. The van der Waals surface area contributed by atoms with Gasteiger partial charge in [-0.2, -0.15) is 0 Å². The van der Waals surface area contributed by atoms with Crippen LogP contribution in [0.1, 0.15) is 29.0 Å². The first kappa shape index (κ1) is 20.8. The van der Waals surface area contributed by atoms with E-state index in [9.17, 15) is 14.4 Å². The highest BCUT2D eigenvalue weighted by molar-refractivity contribution is 7.15. The highest BCUT2D eigenvalue weighted by Crippen LogP contribution is 2.21. The lowest BCUT2D eigenvalue weighted by Gasteiger charge is -2.13. The highest BCUT2D eigenvalue weighted by atomic mass is 32.1. The van der Waals surface area contributed by atoms with Gasteiger partial charge in [-0.3, -0.25) is 14.5 Å². The van der Waals surface area contributed by atoms with Crippen molar-refractivity contribution in [3.8, 4) is 5.75 Å². The van der Waals surface area contributed by atoms with Crippen LogP contribution in [0, 0.1) is 13.8 Å². The molecule has 0 saturated carbocycles. The molecule has 0 spiro atoms. The number of amides is 4. The number of imide groups is 1. The lowest BCUT2D eigenvalue weighted by Crippen LogP contribution is -2.33. The Balaban J connectivity index is 1.48. The number of thiazole rings is 1. The van der Waals surface area contributed by atoms with Gasteiger partial charge >= 0.3 is 6.03 Å². The Labute approximate surface area is 173 Å². The van der Waals surface area contributed by atoms with Gasteiger partial charge in [0.1, 0.15) is 11.8 Å². The Kier molecular flexibility index (Phi) is 6.48. The number of rotatable bonds is 8. The lowest BCUT2D eigenvalue weighted by molar-refractivity contribution is -0.127. The van der Waals surface area contributed by atoms with Crippen LogP contribution in [-0.2, 0) is 16.0 Å². The summed E-state index contributed by atoms with van der Waals surface area (Å²) in [5, 5.41) is 5.96. The van der Waals surface area contributed by atoms with Crippen molar-refractivity contribution in [1.82, 2.24) is 15.2 Å². The number of carbonyl (C=O) groups is 3. The molecule has 1 atom stereocenters. The fourth-order valence-corrected chi connectivity index (χ4v) is 3.83. The maximum atomic E-state index is 12.5. The summed E-state index contributed by atoms with van der Waals surface area (Å²) < 4.78 is 5.12. The van der Waals surface area contributed by atoms with E-state index in [4.69, 9.17) is 4.74 Å². The molecule has 8 nitrogen and oxygen atoms in total. The smallest absolute Gasteiger partial charge is 0.324 e. The molecule has 1 aliphatic rings. The second kappa shape index (κ2) is 9.04. The van der Waals surface area contributed by atoms with E-state index >= 15 is 0 Å². The quantitative estimate of drug-likeness (QED) is 0.645. The van der Waals surface area contributed by atoms with Crippen LogP contribution in [0.25, 0.3) is 0 Å². The molecule has 4 amide bonds. The number of nitrogens with zero attached hydrogens (tertiary/aromatic N) is 2. The molecule has 9 heteroatoms. The van der Waals surface area contributed by atoms with Crippen molar-refractivity contribution in [2.24, 2.45) is 0 Å². The van der Waals surface area contributed by atoms with E-state index < -0.39 is 12.1 Å². The summed E-state index contributed by atoms with van der Waals surface area (Å²) in [5.41, 5.74) is 1.89. The van der Waals surface area contributed by atoms with Crippen molar-refractivity contribution in [2.45, 2.75) is 39.2 Å². The number of methoxy groups -OCH3 is 1. The molecule has 2 aromatic rings. The third-order valence-electron chi connectivity index (χ3n) is 4.83. The minimum Gasteiger partial charge on any atom is -0.497 e. The Hall–Kier alpha value is -2.94. The van der Waals surface area contributed by atoms with E-state index in [1.807, 2.05) is 38.1 Å². The zero-order valence-corrected chi connectivity index (χ0v) is 17.5. The minimum absolute atomic E-state index is 0.126. The van der Waals surface area contributed by atoms with Gasteiger partial charge in [-0.1, -0.05) is 12.1 Å². The molecule has 1 fully saturated rings. The Morgan fingerprint density at radius 1 is 1.28 bits per heavy atom. The van der Waals surface area contributed by atoms with Crippen molar-refractivity contribution in [1.29, 1.82) is 0 Å². The number of ether oxygens (including phenoxy) is 1. The van der Waals surface area contributed by atoms with Crippen molar-refractivity contribution in [3.63, 3.8) is 0 Å². The molecule has 0 bridgehead atoms. The second-order valence-corrected chi connectivity index (χ2v) is 8.04. The summed E-state index contributed by atoms with van der Waals surface area (Å²) in [6, 6.07) is 6.40. The zero-order valence-electron chi connectivity index (χ0n) is 16.7. The van der Waals surface area contributed by atoms with Crippen LogP contribution in [0.3, 0.4) is 0 Å². The van der Waals surface area contributed by atoms with Gasteiger partial charge in [0, 0.05) is 17.8 Å². The van der Waals surface area contributed by atoms with E-state index in [0.717, 1.165) is 21.9 Å². The van der Waals surface area contributed by atoms with Crippen molar-refractivity contribution in [2.75, 3.05) is 19.0 Å². The maximum absolute atomic E-state index is 12.5. The molecule has 1 saturated heterocycles. The van der Waals surface area contributed by atoms with Gasteiger partial charge in [-0.25, -0.2) is 9.78 Å². The molecule has 0 unspecified atom stereocenters. The molecule has 29 heavy (non-hydrogen) atoms. The molecule has 2 heterocycles. The van der Waals surface area contributed by atoms with E-state index in [-0.39, 0.29) is 31.2 Å². The number of hydrogen-bond donors (Lipinski definition) is 2. The monoisotopic (exact) mass is 416 g/mol. The molecule has 0 aliphatic carbocycles. The Morgan fingerprint density at radius 2 is 2.00 bits per heavy atom. The third kappa shape index (κ3) is 5.11. The number of urea groups is 1. The summed E-state index contributed by atoms with van der Waals surface area (Å²) in [5.74, 6) is 0.236. The molecule has 3 rings (SSSR count). The van der Waals surface area contributed by atoms with Crippen LogP contribution in [-0.4, -0.2) is 47.4 Å². The number of aryl methyl sites for hydroxylation is 2. The van der Waals surface area contributed by atoms with Gasteiger partial charge in [0.2, 0.25) is 5.91 Å². The summed E-state index contributed by atoms with van der Waals surface area (Å²) in [7, 11) is 1.60. The average molecular weight is 417 g/mol. The second-order valence-electron chi connectivity index (χ2n) is 6.84. The van der Waals surface area contributed by atoms with Gasteiger partial charge in [-0.15, -0.1) is 11.3 Å². The summed E-state index contributed by atoms with van der Waals surface area (Å²) in [6.45, 7) is 4.11. The van der Waals surface area contributed by atoms with Gasteiger partial charge in [-0.05, 0) is 44.4 Å². The highest BCUT2D eigenvalue weighted by Gasteiger charge is 2.37. The first-order valence-corrected chi connectivity index (χ1v) is 10.2. The zero-order chi connectivity index (χ0) is 21.0. The molecule has 0 radical (unpaired) electrons. The minimum atomic E-state index is -0.677. The third-order valence-corrected chi connectivity index (χ3v) is 5.81. The molecular weight excluding hydrogens is 392 g/mol. The topological polar surface area (TPSA) is 101 Å². The maximum Gasteiger partial charge on any atom is 0.324 e. The molecule has 1 aromatic heterocycles. The van der Waals surface area contributed by atoms with Crippen LogP contribution in [0.4, 0.5) is 9.93 Å². The molecule has 2 N–H and O–H groups in total. The Morgan fingerprint density at radius 3 is 2.62 bits per heavy atom. The standard InChI is InChI=1S/C20H24N4O4S/c1-12-13(2)29-19(21-12)23-17(25)9-8-16-18(26)24(20(27)22-16)11-10-14-4-6-15(28-3)7-5-14/h4-7,16H,8-11H2,1-3H3,(H,22,27)(H,21,23,25)/t16-/m0/s1. The fourth-order valence-electron chi connectivity index (χ4n) is 3.00. The van der Waals surface area contributed by atoms with Gasteiger partial charge in [0.15, 0.2) is 5.13 Å². The molecule has 1 aromatic carbocycles. The van der Waals surface area contributed by atoms with E-state index in [1.165, 1.54) is 16.2 Å². The molecular formula is C20H24N4O4S. The number of nitrogens with one attached hydrogen (secondary N) is 2. The first-order valence-electron chi connectivity index (χ1n) is 9.36. The van der Waals surface area contributed by atoms with E-state index in [0.29, 0.717) is 11.6 Å². The largest absolute Gasteiger partial charge is 0.497 e. The predicted molar refractivity (Wildman–Crippen MR) is 110 cm³/mol. The number of carbonyl (C=O) groups excluding carboxylic acids is 3. The van der Waals surface area contributed by atoms with Gasteiger partial charge < -0.3 is 15.4 Å². The summed E-state index contributed by atoms with van der Waals surface area (Å²) in [4.78, 5) is 43.3. The van der Waals surface area contributed by atoms with Crippen molar-refractivity contribution in [3.05, 3.63) is 40.4 Å². The predicted octanol–water partition coefficient (Wildman–Crippen LogP) is 2.65. The number of aromatic nitrogens is 1. The van der Waals surface area contributed by atoms with Crippen LogP contribution in [0.15, 0.2) is 24.3 Å². The van der Waals surface area contributed by atoms with Crippen LogP contribution in [0.2, 0.25) is 0 Å². The first-order chi connectivity index (χ1) is 13.9. The number of hydrogen-bond acceptors (Lipinski definition) is 6. The van der Waals surface area contributed by atoms with Crippen LogP contribution < -0.4 is 15.4 Å². The van der Waals surface area contributed by atoms with Crippen LogP contribution in [0.5, 0.6) is 5.75 Å². The van der Waals surface area contributed by atoms with Crippen molar-refractivity contribution >= 4 is 34.3 Å². The fraction of sp³-hybridized carbons (Fsp3) is 0.400. The van der Waals surface area contributed by atoms with Gasteiger partial charge in [0.05, 0.1) is 12.8 Å². The number of anilines is 1. The number of benzene rings is 1. The van der Waals surface area contributed by atoms with Crippen LogP contribution >= 0.6 is 11.3 Å². The normalized spacial score (nSPS) is 16.1. The van der Waals surface area contributed by atoms with E-state index in [2.05, 4.69) is 15.6 Å².